The summed E-state index contributed by atoms with van der Waals surface area (Å²) >= 11 is 0. The molecule has 0 amide bonds. The third-order valence-corrected chi connectivity index (χ3v) is 3.90. The molecule has 0 radical (unpaired) electrons. The van der Waals surface area contributed by atoms with Gasteiger partial charge in [-0.2, -0.15) is 0 Å². The van der Waals surface area contributed by atoms with E-state index < -0.39 is 0 Å². The molecule has 2 aliphatic heterocycles. The molecule has 2 atom stereocenters. The summed E-state index contributed by atoms with van der Waals surface area (Å²) in [6, 6.07) is 0.318. The van der Waals surface area contributed by atoms with E-state index in [9.17, 15) is 0 Å². The van der Waals surface area contributed by atoms with Crippen LogP contribution in [0.4, 0.5) is 0 Å². The van der Waals surface area contributed by atoms with Crippen LogP contribution < -0.4 is 5.73 Å². The van der Waals surface area contributed by atoms with Gasteiger partial charge in [0.15, 0.2) is 0 Å². The fraction of sp³-hybridized carbons (Fsp3) is 0.769. The van der Waals surface area contributed by atoms with Crippen molar-refractivity contribution in [1.29, 1.82) is 0 Å². The Bertz CT molecular complexity index is 382. The lowest BCUT2D eigenvalue weighted by molar-refractivity contribution is 0.0151. The molecule has 0 spiro atoms. The zero-order valence-electron chi connectivity index (χ0n) is 10.3. The standard InChI is InChI=1S/C13H21N3O/c14-10-4-5-16-11(7-10)9-15-13(16)8-12-3-1-2-6-17-12/h9-10,12H,1-8,14H2. The Hall–Kier alpha value is -0.870. The number of hydrogen-bond donors (Lipinski definition) is 1. The van der Waals surface area contributed by atoms with Gasteiger partial charge in [-0.1, -0.05) is 0 Å². The molecule has 0 saturated carbocycles. The van der Waals surface area contributed by atoms with Crippen LogP contribution in [0.2, 0.25) is 0 Å². The molecule has 1 fully saturated rings. The quantitative estimate of drug-likeness (QED) is 0.840. The minimum Gasteiger partial charge on any atom is -0.378 e. The van der Waals surface area contributed by atoms with Gasteiger partial charge in [-0.15, -0.1) is 0 Å². The van der Waals surface area contributed by atoms with Gasteiger partial charge in [0.05, 0.1) is 6.10 Å². The van der Waals surface area contributed by atoms with Gasteiger partial charge in [-0.05, 0) is 25.7 Å². The molecule has 0 aliphatic carbocycles. The molecular formula is C13H21N3O. The van der Waals surface area contributed by atoms with Crippen molar-refractivity contribution >= 4 is 0 Å². The van der Waals surface area contributed by atoms with Gasteiger partial charge >= 0.3 is 0 Å². The first-order chi connectivity index (χ1) is 8.33. The average Bonchev–Trinajstić information content (AvgIpc) is 2.73. The second-order valence-corrected chi connectivity index (χ2v) is 5.26. The molecular weight excluding hydrogens is 214 g/mol. The molecule has 2 aliphatic rings. The molecule has 4 nitrogen and oxygen atoms in total. The van der Waals surface area contributed by atoms with Crippen LogP contribution in [0, 0.1) is 0 Å². The summed E-state index contributed by atoms with van der Waals surface area (Å²) in [7, 11) is 0. The Balaban J connectivity index is 1.71. The van der Waals surface area contributed by atoms with Crippen molar-refractivity contribution in [3.05, 3.63) is 17.7 Å². The minimum atomic E-state index is 0.318. The maximum Gasteiger partial charge on any atom is 0.111 e. The normalized spacial score (nSPS) is 29.0. The number of fused-ring (bicyclic) bond motifs is 1. The zero-order valence-corrected chi connectivity index (χ0v) is 10.3. The summed E-state index contributed by atoms with van der Waals surface area (Å²) in [5, 5.41) is 0. The lowest BCUT2D eigenvalue weighted by Gasteiger charge is -2.25. The zero-order chi connectivity index (χ0) is 11.7. The van der Waals surface area contributed by atoms with E-state index in [1.54, 1.807) is 0 Å². The summed E-state index contributed by atoms with van der Waals surface area (Å²) in [6.07, 6.45) is 9.08. The Kier molecular flexibility index (Phi) is 3.16. The number of imidazole rings is 1. The van der Waals surface area contributed by atoms with Crippen LogP contribution in [0.25, 0.3) is 0 Å². The predicted octanol–water partition coefficient (Wildman–Crippen LogP) is 1.27. The van der Waals surface area contributed by atoms with Crippen molar-refractivity contribution in [3.8, 4) is 0 Å². The van der Waals surface area contributed by atoms with Crippen LogP contribution in [-0.2, 0) is 24.1 Å². The van der Waals surface area contributed by atoms with Gasteiger partial charge in [-0.3, -0.25) is 0 Å². The van der Waals surface area contributed by atoms with E-state index in [4.69, 9.17) is 10.5 Å². The number of ether oxygens (including phenoxy) is 1. The molecule has 2 N–H and O–H groups in total. The van der Waals surface area contributed by atoms with Crippen LogP contribution in [0.15, 0.2) is 6.20 Å². The van der Waals surface area contributed by atoms with Crippen LogP contribution in [0.1, 0.15) is 37.2 Å². The van der Waals surface area contributed by atoms with Gasteiger partial charge in [0.2, 0.25) is 0 Å². The monoisotopic (exact) mass is 235 g/mol. The highest BCUT2D eigenvalue weighted by Crippen LogP contribution is 2.20. The molecule has 1 aromatic heterocycles. The van der Waals surface area contributed by atoms with Crippen molar-refractivity contribution in [3.63, 3.8) is 0 Å². The van der Waals surface area contributed by atoms with E-state index in [-0.39, 0.29) is 0 Å². The number of nitrogens with two attached hydrogens (primary N) is 1. The number of hydrogen-bond acceptors (Lipinski definition) is 3. The molecule has 3 heterocycles. The van der Waals surface area contributed by atoms with E-state index in [0.717, 1.165) is 32.4 Å². The second kappa shape index (κ2) is 4.78. The van der Waals surface area contributed by atoms with Crippen molar-refractivity contribution in [2.75, 3.05) is 6.61 Å². The third kappa shape index (κ3) is 2.38. The van der Waals surface area contributed by atoms with E-state index >= 15 is 0 Å². The Morgan fingerprint density at radius 3 is 3.18 bits per heavy atom. The lowest BCUT2D eigenvalue weighted by atomic mass is 10.0. The SMILES string of the molecule is NC1CCn2c(cnc2CC2CCCCO2)C1. The van der Waals surface area contributed by atoms with Crippen LogP contribution in [-0.4, -0.2) is 28.3 Å². The molecule has 1 saturated heterocycles. The molecule has 2 unspecified atom stereocenters. The predicted molar refractivity (Wildman–Crippen MR) is 65.8 cm³/mol. The molecule has 4 heteroatoms. The number of rotatable bonds is 2. The summed E-state index contributed by atoms with van der Waals surface area (Å²) in [5.41, 5.74) is 7.28. The summed E-state index contributed by atoms with van der Waals surface area (Å²) in [4.78, 5) is 4.55. The molecule has 94 valence electrons. The van der Waals surface area contributed by atoms with E-state index in [0.29, 0.717) is 12.1 Å². The van der Waals surface area contributed by atoms with Crippen molar-refractivity contribution in [2.24, 2.45) is 5.73 Å². The first kappa shape index (κ1) is 11.2. The Morgan fingerprint density at radius 2 is 2.35 bits per heavy atom. The van der Waals surface area contributed by atoms with E-state index in [1.165, 1.54) is 30.8 Å². The molecule has 3 rings (SSSR count). The van der Waals surface area contributed by atoms with Crippen LogP contribution in [0.5, 0.6) is 0 Å². The van der Waals surface area contributed by atoms with Crippen LogP contribution in [0.3, 0.4) is 0 Å². The Morgan fingerprint density at radius 1 is 1.41 bits per heavy atom. The van der Waals surface area contributed by atoms with Gasteiger partial charge in [0.1, 0.15) is 5.82 Å². The number of nitrogens with zero attached hydrogens (tertiary/aromatic N) is 2. The smallest absolute Gasteiger partial charge is 0.111 e. The summed E-state index contributed by atoms with van der Waals surface area (Å²) < 4.78 is 8.13. The van der Waals surface area contributed by atoms with Crippen LogP contribution >= 0.6 is 0 Å². The van der Waals surface area contributed by atoms with Gasteiger partial charge in [-0.25, -0.2) is 4.98 Å². The van der Waals surface area contributed by atoms with E-state index in [1.807, 2.05) is 6.20 Å². The Labute approximate surface area is 102 Å². The number of aromatic nitrogens is 2. The van der Waals surface area contributed by atoms with Crippen molar-refractivity contribution < 1.29 is 4.74 Å². The molecule has 0 aromatic carbocycles. The summed E-state index contributed by atoms with van der Waals surface area (Å²) in [5.74, 6) is 1.19. The molecule has 1 aromatic rings. The highest BCUT2D eigenvalue weighted by atomic mass is 16.5. The highest BCUT2D eigenvalue weighted by molar-refractivity contribution is 5.10. The largest absolute Gasteiger partial charge is 0.378 e. The van der Waals surface area contributed by atoms with Gasteiger partial charge in [0.25, 0.3) is 0 Å². The first-order valence-electron chi connectivity index (χ1n) is 6.73. The average molecular weight is 235 g/mol. The summed E-state index contributed by atoms with van der Waals surface area (Å²) in [6.45, 7) is 1.95. The fourth-order valence-electron chi connectivity index (χ4n) is 2.89. The second-order valence-electron chi connectivity index (χ2n) is 5.26. The van der Waals surface area contributed by atoms with Crippen molar-refractivity contribution in [1.82, 2.24) is 9.55 Å². The van der Waals surface area contributed by atoms with Gasteiger partial charge in [0, 0.05) is 43.9 Å². The maximum absolute atomic E-state index is 5.98. The van der Waals surface area contributed by atoms with Crippen molar-refractivity contribution in [2.45, 2.75) is 57.2 Å². The maximum atomic E-state index is 5.98. The molecule has 17 heavy (non-hydrogen) atoms. The lowest BCUT2D eigenvalue weighted by Crippen LogP contribution is -2.32. The highest BCUT2D eigenvalue weighted by Gasteiger charge is 2.22. The van der Waals surface area contributed by atoms with Gasteiger partial charge < -0.3 is 15.0 Å². The minimum absolute atomic E-state index is 0.318. The third-order valence-electron chi connectivity index (χ3n) is 3.90. The topological polar surface area (TPSA) is 53.1 Å². The first-order valence-corrected chi connectivity index (χ1v) is 6.73. The van der Waals surface area contributed by atoms with E-state index in [2.05, 4.69) is 9.55 Å². The molecule has 0 bridgehead atoms. The fourth-order valence-corrected chi connectivity index (χ4v) is 2.89.